The summed E-state index contributed by atoms with van der Waals surface area (Å²) < 4.78 is 13.8. The first-order chi connectivity index (χ1) is 5.78. The molecule has 1 fully saturated rings. The quantitative estimate of drug-likeness (QED) is 0.677. The van der Waals surface area contributed by atoms with Gasteiger partial charge >= 0.3 is 0 Å². The molecule has 2 nitrogen and oxygen atoms in total. The van der Waals surface area contributed by atoms with Gasteiger partial charge in [-0.1, -0.05) is 0 Å². The van der Waals surface area contributed by atoms with E-state index in [1.54, 1.807) is 0 Å². The molecular formula is C10H20FNO. The average molecular weight is 189 g/mol. The lowest BCUT2D eigenvalue weighted by Gasteiger charge is -2.35. The van der Waals surface area contributed by atoms with Crippen LogP contribution in [0.5, 0.6) is 0 Å². The van der Waals surface area contributed by atoms with E-state index in [1.165, 1.54) is 0 Å². The third-order valence-corrected chi connectivity index (χ3v) is 2.79. The highest BCUT2D eigenvalue weighted by molar-refractivity contribution is 4.99. The number of aliphatic hydroxyl groups excluding tert-OH is 1. The third-order valence-electron chi connectivity index (χ3n) is 2.79. The Morgan fingerprint density at radius 1 is 1.54 bits per heavy atom. The smallest absolute Gasteiger partial charge is 0.148 e. The lowest BCUT2D eigenvalue weighted by molar-refractivity contribution is 0.0597. The lowest BCUT2D eigenvalue weighted by Crippen LogP contribution is -2.45. The van der Waals surface area contributed by atoms with Crippen LogP contribution in [0.3, 0.4) is 0 Å². The van der Waals surface area contributed by atoms with Gasteiger partial charge < -0.3 is 5.11 Å². The number of nitrogens with zero attached hydrogens (tertiary/aromatic N) is 1. The van der Waals surface area contributed by atoms with Gasteiger partial charge in [-0.25, -0.2) is 4.39 Å². The zero-order valence-corrected chi connectivity index (χ0v) is 8.97. The molecule has 0 aromatic rings. The van der Waals surface area contributed by atoms with Crippen molar-refractivity contribution >= 4 is 0 Å². The van der Waals surface area contributed by atoms with Gasteiger partial charge in [0, 0.05) is 24.5 Å². The van der Waals surface area contributed by atoms with E-state index in [-0.39, 0.29) is 18.2 Å². The zero-order chi connectivity index (χ0) is 10.3. The van der Waals surface area contributed by atoms with Crippen molar-refractivity contribution in [2.75, 3.05) is 13.2 Å². The molecule has 0 aliphatic carbocycles. The Balaban J connectivity index is 2.72. The summed E-state index contributed by atoms with van der Waals surface area (Å²) in [5.74, 6) is 0. The van der Waals surface area contributed by atoms with Gasteiger partial charge in [-0.2, -0.15) is 0 Å². The van der Waals surface area contributed by atoms with Crippen molar-refractivity contribution in [1.82, 2.24) is 4.90 Å². The molecule has 1 saturated heterocycles. The fraction of sp³-hybridized carbons (Fsp3) is 1.00. The van der Waals surface area contributed by atoms with Crippen LogP contribution in [-0.2, 0) is 0 Å². The van der Waals surface area contributed by atoms with Gasteiger partial charge in [-0.15, -0.1) is 0 Å². The first-order valence-electron chi connectivity index (χ1n) is 4.85. The Bertz CT molecular complexity index is 190. The van der Waals surface area contributed by atoms with E-state index in [1.807, 2.05) is 6.92 Å². The lowest BCUT2D eigenvalue weighted by atomic mass is 10.0. The van der Waals surface area contributed by atoms with Crippen LogP contribution < -0.4 is 0 Å². The first-order valence-corrected chi connectivity index (χ1v) is 4.85. The van der Waals surface area contributed by atoms with Crippen molar-refractivity contribution in [3.63, 3.8) is 0 Å². The summed E-state index contributed by atoms with van der Waals surface area (Å²) in [4.78, 5) is 2.11. The minimum Gasteiger partial charge on any atom is -0.393 e. The zero-order valence-electron chi connectivity index (χ0n) is 8.97. The molecule has 0 amide bonds. The monoisotopic (exact) mass is 189 g/mol. The summed E-state index contributed by atoms with van der Waals surface area (Å²) in [7, 11) is 0. The van der Waals surface area contributed by atoms with Gasteiger partial charge in [-0.05, 0) is 27.7 Å². The molecule has 0 aromatic carbocycles. The van der Waals surface area contributed by atoms with Gasteiger partial charge in [0.15, 0.2) is 0 Å². The molecule has 1 N–H and O–H groups in total. The third kappa shape index (κ3) is 2.20. The Morgan fingerprint density at radius 3 is 2.31 bits per heavy atom. The summed E-state index contributed by atoms with van der Waals surface area (Å²) in [6.45, 7) is 8.24. The van der Waals surface area contributed by atoms with Crippen LogP contribution in [0.4, 0.5) is 4.39 Å². The standard InChI is InChI=1S/C10H20FNO/c1-8-5-10(11,7-13)6-12(8)9(2,3)4/h8,13H,5-7H2,1-4H3/t8-,10-/m1/s1. The van der Waals surface area contributed by atoms with E-state index in [0.29, 0.717) is 13.0 Å². The number of likely N-dealkylation sites (tertiary alicyclic amines) is 1. The highest BCUT2D eigenvalue weighted by Crippen LogP contribution is 2.34. The van der Waals surface area contributed by atoms with E-state index in [4.69, 9.17) is 5.11 Å². The van der Waals surface area contributed by atoms with Gasteiger partial charge in [0.05, 0.1) is 6.61 Å². The van der Waals surface area contributed by atoms with Gasteiger partial charge in [0.2, 0.25) is 0 Å². The van der Waals surface area contributed by atoms with Crippen LogP contribution in [0.2, 0.25) is 0 Å². The first kappa shape index (κ1) is 10.9. The second-order valence-corrected chi connectivity index (χ2v) is 5.16. The molecule has 0 bridgehead atoms. The number of hydrogen-bond acceptors (Lipinski definition) is 2. The maximum Gasteiger partial charge on any atom is 0.148 e. The summed E-state index contributed by atoms with van der Waals surface area (Å²) >= 11 is 0. The Labute approximate surface area is 79.7 Å². The van der Waals surface area contributed by atoms with Crippen LogP contribution in [0.25, 0.3) is 0 Å². The van der Waals surface area contributed by atoms with Crippen LogP contribution in [0.15, 0.2) is 0 Å². The van der Waals surface area contributed by atoms with E-state index in [0.717, 1.165) is 0 Å². The minimum atomic E-state index is -1.38. The number of halogens is 1. The largest absolute Gasteiger partial charge is 0.393 e. The predicted molar refractivity (Wildman–Crippen MR) is 51.5 cm³/mol. The van der Waals surface area contributed by atoms with Crippen LogP contribution in [0.1, 0.15) is 34.1 Å². The number of hydrogen-bond donors (Lipinski definition) is 1. The van der Waals surface area contributed by atoms with Crippen molar-refractivity contribution in [1.29, 1.82) is 0 Å². The number of aliphatic hydroxyl groups is 1. The average Bonchev–Trinajstić information content (AvgIpc) is 2.27. The van der Waals surface area contributed by atoms with Gasteiger partial charge in [0.25, 0.3) is 0 Å². The topological polar surface area (TPSA) is 23.5 Å². The molecule has 0 saturated carbocycles. The van der Waals surface area contributed by atoms with Crippen LogP contribution in [0, 0.1) is 0 Å². The highest BCUT2D eigenvalue weighted by atomic mass is 19.1. The fourth-order valence-corrected chi connectivity index (χ4v) is 2.18. The molecule has 1 rings (SSSR count). The molecule has 1 aliphatic heterocycles. The van der Waals surface area contributed by atoms with Gasteiger partial charge in [0.1, 0.15) is 5.67 Å². The molecule has 0 unspecified atom stereocenters. The predicted octanol–water partition coefficient (Wildman–Crippen LogP) is 1.58. The Kier molecular flexibility index (Phi) is 2.70. The Hall–Kier alpha value is -0.150. The van der Waals surface area contributed by atoms with Crippen molar-refractivity contribution in [3.05, 3.63) is 0 Å². The van der Waals surface area contributed by atoms with Crippen molar-refractivity contribution in [3.8, 4) is 0 Å². The summed E-state index contributed by atoms with van der Waals surface area (Å²) in [6, 6.07) is 0.220. The summed E-state index contributed by atoms with van der Waals surface area (Å²) in [5, 5.41) is 8.92. The minimum absolute atomic E-state index is 0.0115. The maximum atomic E-state index is 13.8. The van der Waals surface area contributed by atoms with E-state index < -0.39 is 5.67 Å². The van der Waals surface area contributed by atoms with Gasteiger partial charge in [-0.3, -0.25) is 4.90 Å². The molecule has 1 heterocycles. The van der Waals surface area contributed by atoms with E-state index >= 15 is 0 Å². The van der Waals surface area contributed by atoms with Crippen molar-refractivity contribution in [2.24, 2.45) is 0 Å². The Morgan fingerprint density at radius 2 is 2.08 bits per heavy atom. The number of alkyl halides is 1. The summed E-state index contributed by atoms with van der Waals surface area (Å²) in [5.41, 5.74) is -1.39. The molecule has 0 aromatic heterocycles. The molecule has 13 heavy (non-hydrogen) atoms. The van der Waals surface area contributed by atoms with Crippen molar-refractivity contribution in [2.45, 2.75) is 51.4 Å². The SMILES string of the molecule is C[C@@H]1C[C@](F)(CO)CN1C(C)(C)C. The molecule has 3 heteroatoms. The normalized spacial score (nSPS) is 36.9. The molecule has 0 radical (unpaired) electrons. The number of rotatable bonds is 1. The molecular weight excluding hydrogens is 169 g/mol. The molecule has 2 atom stereocenters. The maximum absolute atomic E-state index is 13.8. The van der Waals surface area contributed by atoms with E-state index in [9.17, 15) is 4.39 Å². The highest BCUT2D eigenvalue weighted by Gasteiger charge is 2.45. The molecule has 0 spiro atoms. The molecule has 78 valence electrons. The summed E-state index contributed by atoms with van der Waals surface area (Å²) in [6.07, 6.45) is 0.445. The van der Waals surface area contributed by atoms with Crippen molar-refractivity contribution < 1.29 is 9.50 Å². The van der Waals surface area contributed by atoms with E-state index in [2.05, 4.69) is 25.7 Å². The molecule has 1 aliphatic rings. The van der Waals surface area contributed by atoms with Crippen LogP contribution >= 0.6 is 0 Å². The second kappa shape index (κ2) is 3.21. The van der Waals surface area contributed by atoms with Crippen LogP contribution in [-0.4, -0.2) is 40.4 Å². The fourth-order valence-electron chi connectivity index (χ4n) is 2.18. The second-order valence-electron chi connectivity index (χ2n) is 5.16.